The van der Waals surface area contributed by atoms with Gasteiger partial charge in [-0.1, -0.05) is 25.4 Å². The number of nitrogens with zero attached hydrogens (tertiary/aromatic N) is 3. The summed E-state index contributed by atoms with van der Waals surface area (Å²) in [7, 11) is 0. The number of hydrogen-bond acceptors (Lipinski definition) is 4. The van der Waals surface area contributed by atoms with E-state index in [-0.39, 0.29) is 10.8 Å². The molecule has 20 heavy (non-hydrogen) atoms. The first-order chi connectivity index (χ1) is 9.49. The Morgan fingerprint density at radius 3 is 3.00 bits per heavy atom. The molecular formula is C14H20ClN3O2. The first-order valence-corrected chi connectivity index (χ1v) is 7.40. The van der Waals surface area contributed by atoms with E-state index in [0.29, 0.717) is 17.5 Å². The van der Waals surface area contributed by atoms with E-state index in [1.807, 2.05) is 0 Å². The maximum absolute atomic E-state index is 11.2. The molecule has 1 atom stereocenters. The molecule has 0 spiro atoms. The van der Waals surface area contributed by atoms with Gasteiger partial charge in [0.1, 0.15) is 5.69 Å². The van der Waals surface area contributed by atoms with E-state index in [2.05, 4.69) is 23.7 Å². The molecular weight excluding hydrogens is 278 g/mol. The minimum absolute atomic E-state index is 0.0292. The van der Waals surface area contributed by atoms with Gasteiger partial charge in [0.2, 0.25) is 5.15 Å². The van der Waals surface area contributed by atoms with Crippen LogP contribution in [-0.2, 0) is 0 Å². The highest BCUT2D eigenvalue weighted by Crippen LogP contribution is 2.36. The van der Waals surface area contributed by atoms with Crippen LogP contribution in [0.5, 0.6) is 0 Å². The second-order valence-electron chi connectivity index (χ2n) is 5.81. The fourth-order valence-electron chi connectivity index (χ4n) is 2.99. The van der Waals surface area contributed by atoms with Crippen LogP contribution in [0.4, 0.5) is 11.4 Å². The number of anilines is 1. The molecule has 2 heterocycles. The van der Waals surface area contributed by atoms with Crippen molar-refractivity contribution in [2.75, 3.05) is 18.0 Å². The van der Waals surface area contributed by atoms with Crippen molar-refractivity contribution in [3.8, 4) is 0 Å². The van der Waals surface area contributed by atoms with Gasteiger partial charge in [-0.05, 0) is 37.2 Å². The predicted octanol–water partition coefficient (Wildman–Crippen LogP) is 3.91. The van der Waals surface area contributed by atoms with Crippen LogP contribution in [0.2, 0.25) is 5.15 Å². The molecule has 0 N–H and O–H groups in total. The van der Waals surface area contributed by atoms with Gasteiger partial charge in [-0.25, -0.2) is 4.98 Å². The normalized spacial score (nSPS) is 19.4. The summed E-state index contributed by atoms with van der Waals surface area (Å²) in [5.41, 5.74) is 0.530. The van der Waals surface area contributed by atoms with E-state index in [1.165, 1.54) is 12.6 Å². The third kappa shape index (κ3) is 3.39. The summed E-state index contributed by atoms with van der Waals surface area (Å²) in [6, 6.07) is 1.70. The molecule has 1 aliphatic rings. The summed E-state index contributed by atoms with van der Waals surface area (Å²) in [6.07, 6.45) is 4.95. The number of rotatable bonds is 4. The summed E-state index contributed by atoms with van der Waals surface area (Å²) in [6.45, 7) is 6.13. The molecule has 1 fully saturated rings. The molecule has 1 saturated heterocycles. The van der Waals surface area contributed by atoms with Crippen LogP contribution in [0.1, 0.15) is 33.1 Å². The standard InChI is InChI=1S/C14H20ClN3O2/c1-10(2)8-11-4-3-7-17(9-11)12-5-6-16-14(15)13(12)18(19)20/h5-6,10-11H,3-4,7-9H2,1-2H3. The van der Waals surface area contributed by atoms with Crippen molar-refractivity contribution >= 4 is 23.0 Å². The molecule has 5 nitrogen and oxygen atoms in total. The number of hydrogen-bond donors (Lipinski definition) is 0. The van der Waals surface area contributed by atoms with Crippen molar-refractivity contribution in [2.45, 2.75) is 33.1 Å². The molecule has 2 rings (SSSR count). The fraction of sp³-hybridized carbons (Fsp3) is 0.643. The Kier molecular flexibility index (Phi) is 4.81. The van der Waals surface area contributed by atoms with Gasteiger partial charge in [-0.2, -0.15) is 0 Å². The van der Waals surface area contributed by atoms with Crippen molar-refractivity contribution in [2.24, 2.45) is 11.8 Å². The molecule has 1 aromatic rings. The molecule has 0 saturated carbocycles. The van der Waals surface area contributed by atoms with Gasteiger partial charge in [0.05, 0.1) is 4.92 Å². The van der Waals surface area contributed by atoms with E-state index >= 15 is 0 Å². The van der Waals surface area contributed by atoms with E-state index in [0.717, 1.165) is 25.9 Å². The maximum atomic E-state index is 11.2. The Morgan fingerprint density at radius 2 is 2.35 bits per heavy atom. The number of nitro groups is 1. The Morgan fingerprint density at radius 1 is 1.60 bits per heavy atom. The molecule has 0 amide bonds. The average Bonchev–Trinajstić information content (AvgIpc) is 2.37. The van der Waals surface area contributed by atoms with Crippen molar-refractivity contribution in [3.63, 3.8) is 0 Å². The zero-order valence-electron chi connectivity index (χ0n) is 11.9. The van der Waals surface area contributed by atoms with Crippen LogP contribution in [0.3, 0.4) is 0 Å². The molecule has 1 aromatic heterocycles. The third-order valence-electron chi connectivity index (χ3n) is 3.71. The van der Waals surface area contributed by atoms with Crippen molar-refractivity contribution in [1.82, 2.24) is 4.98 Å². The van der Waals surface area contributed by atoms with Gasteiger partial charge in [0, 0.05) is 19.3 Å². The van der Waals surface area contributed by atoms with Crippen molar-refractivity contribution < 1.29 is 4.92 Å². The number of aromatic nitrogens is 1. The molecule has 0 radical (unpaired) electrons. The predicted molar refractivity (Wildman–Crippen MR) is 80.3 cm³/mol. The zero-order chi connectivity index (χ0) is 14.7. The summed E-state index contributed by atoms with van der Waals surface area (Å²) in [5, 5.41) is 11.2. The Hall–Kier alpha value is -1.36. The van der Waals surface area contributed by atoms with Crippen LogP contribution < -0.4 is 4.90 Å². The first kappa shape index (κ1) is 15.0. The van der Waals surface area contributed by atoms with E-state index in [1.54, 1.807) is 6.07 Å². The smallest absolute Gasteiger partial charge is 0.329 e. The van der Waals surface area contributed by atoms with Crippen molar-refractivity contribution in [1.29, 1.82) is 0 Å². The average molecular weight is 298 g/mol. The largest absolute Gasteiger partial charge is 0.366 e. The lowest BCUT2D eigenvalue weighted by Crippen LogP contribution is -2.36. The highest BCUT2D eigenvalue weighted by atomic mass is 35.5. The van der Waals surface area contributed by atoms with E-state index in [9.17, 15) is 10.1 Å². The van der Waals surface area contributed by atoms with E-state index in [4.69, 9.17) is 11.6 Å². The fourth-order valence-corrected chi connectivity index (χ4v) is 3.21. The summed E-state index contributed by atoms with van der Waals surface area (Å²) in [5.74, 6) is 1.24. The topological polar surface area (TPSA) is 59.3 Å². The monoisotopic (exact) mass is 297 g/mol. The Bertz CT molecular complexity index is 493. The van der Waals surface area contributed by atoms with Crippen LogP contribution in [0.15, 0.2) is 12.3 Å². The number of pyridine rings is 1. The number of piperidine rings is 1. The van der Waals surface area contributed by atoms with Gasteiger partial charge >= 0.3 is 5.69 Å². The van der Waals surface area contributed by atoms with Gasteiger partial charge in [0.15, 0.2) is 0 Å². The maximum Gasteiger partial charge on any atom is 0.329 e. The molecule has 0 bridgehead atoms. The van der Waals surface area contributed by atoms with Gasteiger partial charge in [-0.15, -0.1) is 0 Å². The molecule has 6 heteroatoms. The summed E-state index contributed by atoms with van der Waals surface area (Å²) < 4.78 is 0. The number of halogens is 1. The minimum atomic E-state index is -0.434. The molecule has 0 aliphatic carbocycles. The second kappa shape index (κ2) is 6.39. The summed E-state index contributed by atoms with van der Waals surface area (Å²) >= 11 is 5.88. The minimum Gasteiger partial charge on any atom is -0.366 e. The molecule has 1 aliphatic heterocycles. The molecule has 1 unspecified atom stereocenters. The van der Waals surface area contributed by atoms with Crippen LogP contribution in [0.25, 0.3) is 0 Å². The van der Waals surface area contributed by atoms with Crippen LogP contribution in [0, 0.1) is 22.0 Å². The van der Waals surface area contributed by atoms with Gasteiger partial charge < -0.3 is 4.90 Å². The molecule has 110 valence electrons. The first-order valence-electron chi connectivity index (χ1n) is 7.03. The lowest BCUT2D eigenvalue weighted by atomic mass is 9.89. The quantitative estimate of drug-likeness (QED) is 0.480. The Balaban J connectivity index is 2.23. The summed E-state index contributed by atoms with van der Waals surface area (Å²) in [4.78, 5) is 16.7. The second-order valence-corrected chi connectivity index (χ2v) is 6.17. The third-order valence-corrected chi connectivity index (χ3v) is 3.98. The SMILES string of the molecule is CC(C)CC1CCCN(c2ccnc(Cl)c2[N+](=O)[O-])C1. The van der Waals surface area contributed by atoms with Gasteiger partial charge in [0.25, 0.3) is 0 Å². The van der Waals surface area contributed by atoms with Gasteiger partial charge in [-0.3, -0.25) is 10.1 Å². The lowest BCUT2D eigenvalue weighted by Gasteiger charge is -2.34. The van der Waals surface area contributed by atoms with E-state index < -0.39 is 4.92 Å². The Labute approximate surface area is 124 Å². The lowest BCUT2D eigenvalue weighted by molar-refractivity contribution is -0.384. The zero-order valence-corrected chi connectivity index (χ0v) is 12.6. The molecule has 0 aromatic carbocycles. The van der Waals surface area contributed by atoms with Crippen molar-refractivity contribution in [3.05, 3.63) is 27.5 Å². The van der Waals surface area contributed by atoms with Crippen LogP contribution in [-0.4, -0.2) is 23.0 Å². The highest BCUT2D eigenvalue weighted by Gasteiger charge is 2.28. The highest BCUT2D eigenvalue weighted by molar-refractivity contribution is 6.32. The van der Waals surface area contributed by atoms with Crippen LogP contribution >= 0.6 is 11.6 Å².